The summed E-state index contributed by atoms with van der Waals surface area (Å²) in [6.45, 7) is 0.614. The number of aromatic amines is 1. The number of alkyl halides is 2. The van der Waals surface area contributed by atoms with Gasteiger partial charge < -0.3 is 19.4 Å². The third kappa shape index (κ3) is 4.65. The van der Waals surface area contributed by atoms with E-state index in [2.05, 4.69) is 20.5 Å². The van der Waals surface area contributed by atoms with Gasteiger partial charge in [0.2, 0.25) is 0 Å². The number of carbonyl (C=O) groups is 1. The molecule has 11 rings (SSSR count). The van der Waals surface area contributed by atoms with Crippen LogP contribution in [0, 0.1) is 17.6 Å². The largest absolute Gasteiger partial charge is 0.493 e. The standard InChI is InChI=1S/C38H28F4N6O4S/c1-51-29-22-15-38(41,42)31(21(22)7-8-23(29)40)45-33-30-19(10-11-43-33)12-25(53-30)27-26(34-46-47-36(50)52-34)24(9-4-17-2-5-20(39)6-3-17)44-32-28(27)35(49)48-16-18-13-37(32,48)14-18/h2-3,5-8,10-12,18,31H,4,9,13-16H2,1H3,(H,43,45)(H,47,50)/t18?,31-,37?/m0/s1. The maximum atomic E-state index is 15.7. The zero-order valence-electron chi connectivity index (χ0n) is 27.9. The van der Waals surface area contributed by atoms with Crippen molar-refractivity contribution in [3.8, 4) is 27.6 Å². The number of thiophene rings is 1. The second-order valence-corrected chi connectivity index (χ2v) is 15.2. The van der Waals surface area contributed by atoms with Gasteiger partial charge in [-0.05, 0) is 78.4 Å². The Kier molecular flexibility index (Phi) is 6.80. The van der Waals surface area contributed by atoms with Crippen molar-refractivity contribution in [2.24, 2.45) is 5.92 Å². The summed E-state index contributed by atoms with van der Waals surface area (Å²) < 4.78 is 70.9. The Balaban J connectivity index is 1.15. The molecule has 2 bridgehead atoms. The minimum atomic E-state index is -3.29. The Morgan fingerprint density at radius 3 is 2.62 bits per heavy atom. The highest BCUT2D eigenvalue weighted by molar-refractivity contribution is 7.23. The SMILES string of the molecule is COc1c(F)ccc2c1CC(F)(F)[C@H]2Nc1nccc2cc(-c3c4c(nc(CCc5ccc(F)cc5)c3-c3n[nH]c(=O)o3)C35CC(CN3C4=O)C5)sc12. The highest BCUT2D eigenvalue weighted by Gasteiger charge is 2.65. The number of amides is 1. The van der Waals surface area contributed by atoms with E-state index < -0.39 is 35.5 Å². The van der Waals surface area contributed by atoms with Gasteiger partial charge in [-0.2, -0.15) is 0 Å². The molecule has 1 spiro atoms. The van der Waals surface area contributed by atoms with Gasteiger partial charge >= 0.3 is 5.76 Å². The third-order valence-corrected chi connectivity index (χ3v) is 12.3. The number of nitrogens with one attached hydrogen (secondary N) is 2. The molecule has 2 saturated heterocycles. The topological polar surface area (TPSA) is 126 Å². The molecule has 2 aliphatic carbocycles. The van der Waals surface area contributed by atoms with Gasteiger partial charge in [-0.3, -0.25) is 9.78 Å². The molecule has 268 valence electrons. The first-order chi connectivity index (χ1) is 25.5. The average molecular weight is 741 g/mol. The van der Waals surface area contributed by atoms with E-state index in [9.17, 15) is 18.4 Å². The van der Waals surface area contributed by atoms with Crippen LogP contribution in [0.1, 0.15) is 57.3 Å². The van der Waals surface area contributed by atoms with Crippen LogP contribution < -0.4 is 15.8 Å². The van der Waals surface area contributed by atoms with Crippen LogP contribution in [0.2, 0.25) is 0 Å². The molecule has 2 aromatic carbocycles. The lowest BCUT2D eigenvalue weighted by Gasteiger charge is -2.37. The van der Waals surface area contributed by atoms with Crippen LogP contribution in [-0.2, 0) is 24.8 Å². The Bertz CT molecular complexity index is 2580. The molecule has 7 heterocycles. The Labute approximate surface area is 301 Å². The molecule has 2 N–H and O–H groups in total. The number of methoxy groups -OCH3 is 1. The zero-order valence-corrected chi connectivity index (χ0v) is 28.8. The van der Waals surface area contributed by atoms with Gasteiger partial charge in [0.15, 0.2) is 11.6 Å². The van der Waals surface area contributed by atoms with Crippen LogP contribution in [0.25, 0.3) is 32.0 Å². The van der Waals surface area contributed by atoms with Gasteiger partial charge in [0.1, 0.15) is 17.7 Å². The molecule has 1 atom stereocenters. The number of anilines is 1. The summed E-state index contributed by atoms with van der Waals surface area (Å²) in [6, 6.07) is 10.7. The Morgan fingerprint density at radius 2 is 1.87 bits per heavy atom. The number of rotatable bonds is 8. The Hall–Kier alpha value is -5.57. The van der Waals surface area contributed by atoms with E-state index in [0.29, 0.717) is 68.3 Å². The summed E-state index contributed by atoms with van der Waals surface area (Å²) in [5.41, 5.74) is 3.10. The summed E-state index contributed by atoms with van der Waals surface area (Å²) in [5, 5.41) is 10.1. The van der Waals surface area contributed by atoms with Crippen LogP contribution in [-0.4, -0.2) is 50.5 Å². The predicted molar refractivity (Wildman–Crippen MR) is 186 cm³/mol. The number of aromatic nitrogens is 4. The lowest BCUT2D eigenvalue weighted by atomic mass is 9.71. The fourth-order valence-electron chi connectivity index (χ4n) is 8.86. The van der Waals surface area contributed by atoms with E-state index >= 15 is 8.78 Å². The lowest BCUT2D eigenvalue weighted by molar-refractivity contribution is -0.00736. The predicted octanol–water partition coefficient (Wildman–Crippen LogP) is 7.19. The number of benzene rings is 2. The number of ether oxygens (including phenoxy) is 1. The molecule has 3 fully saturated rings. The fraction of sp³-hybridized carbons (Fsp3) is 0.289. The first kappa shape index (κ1) is 32.1. The molecule has 1 saturated carbocycles. The van der Waals surface area contributed by atoms with Crippen LogP contribution in [0.15, 0.2) is 63.9 Å². The van der Waals surface area contributed by atoms with E-state index in [1.807, 2.05) is 11.0 Å². The van der Waals surface area contributed by atoms with E-state index in [0.717, 1.165) is 24.5 Å². The third-order valence-electron chi connectivity index (χ3n) is 11.2. The molecular weight excluding hydrogens is 713 g/mol. The summed E-state index contributed by atoms with van der Waals surface area (Å²) in [6.07, 6.45) is 3.20. The van der Waals surface area contributed by atoms with Crippen molar-refractivity contribution in [2.45, 2.75) is 49.6 Å². The number of carbonyl (C=O) groups excluding carboxylic acids is 1. The lowest BCUT2D eigenvalue weighted by Crippen LogP contribution is -2.40. The van der Waals surface area contributed by atoms with Crippen molar-refractivity contribution in [2.75, 3.05) is 19.0 Å². The van der Waals surface area contributed by atoms with Gasteiger partial charge in [-0.25, -0.2) is 32.4 Å². The zero-order chi connectivity index (χ0) is 36.4. The molecule has 6 aromatic rings. The van der Waals surface area contributed by atoms with E-state index in [1.165, 1.54) is 42.8 Å². The van der Waals surface area contributed by atoms with Crippen molar-refractivity contribution in [1.82, 2.24) is 25.1 Å². The minimum absolute atomic E-state index is 0.0458. The van der Waals surface area contributed by atoms with Crippen LogP contribution in [0.3, 0.4) is 0 Å². The average Bonchev–Trinajstić information content (AvgIpc) is 3.96. The number of nitrogens with zero attached hydrogens (tertiary/aromatic N) is 4. The number of pyridine rings is 2. The van der Waals surface area contributed by atoms with E-state index in [4.69, 9.17) is 14.1 Å². The van der Waals surface area contributed by atoms with E-state index in [-0.39, 0.29) is 40.3 Å². The number of aryl methyl sites for hydroxylation is 2. The molecule has 0 radical (unpaired) electrons. The van der Waals surface area contributed by atoms with Crippen LogP contribution >= 0.6 is 11.3 Å². The molecule has 10 nitrogen and oxygen atoms in total. The summed E-state index contributed by atoms with van der Waals surface area (Å²) in [5.74, 6) is -5.01. The number of fused-ring (bicyclic) bond motifs is 3. The molecule has 3 aliphatic heterocycles. The molecular formula is C38H28F4N6O4S. The molecule has 53 heavy (non-hydrogen) atoms. The number of halogens is 4. The first-order valence-corrected chi connectivity index (χ1v) is 17.9. The van der Waals surface area contributed by atoms with Crippen molar-refractivity contribution in [1.29, 1.82) is 0 Å². The van der Waals surface area contributed by atoms with Crippen LogP contribution in [0.5, 0.6) is 5.75 Å². The summed E-state index contributed by atoms with van der Waals surface area (Å²) in [4.78, 5) is 38.9. The normalized spacial score (nSPS) is 21.8. The number of hydrogen-bond acceptors (Lipinski definition) is 9. The smallest absolute Gasteiger partial charge is 0.434 e. The van der Waals surface area contributed by atoms with Crippen molar-refractivity contribution < 1.29 is 31.5 Å². The minimum Gasteiger partial charge on any atom is -0.493 e. The second-order valence-electron chi connectivity index (χ2n) is 14.2. The van der Waals surface area contributed by atoms with Gasteiger partial charge in [-0.1, -0.05) is 18.2 Å². The van der Waals surface area contributed by atoms with Gasteiger partial charge in [0, 0.05) is 35.2 Å². The molecule has 4 aromatic heterocycles. The maximum Gasteiger partial charge on any atom is 0.434 e. The summed E-state index contributed by atoms with van der Waals surface area (Å²) in [7, 11) is 1.25. The molecule has 5 aliphatic rings. The van der Waals surface area contributed by atoms with Crippen molar-refractivity contribution in [3.63, 3.8) is 0 Å². The number of hydrogen-bond donors (Lipinski definition) is 2. The van der Waals surface area contributed by atoms with Gasteiger partial charge in [0.05, 0.1) is 39.9 Å². The highest BCUT2D eigenvalue weighted by Crippen LogP contribution is 2.63. The molecule has 15 heteroatoms. The fourth-order valence-corrected chi connectivity index (χ4v) is 10.0. The Morgan fingerprint density at radius 1 is 1.06 bits per heavy atom. The number of H-pyrrole nitrogens is 1. The van der Waals surface area contributed by atoms with Gasteiger partial charge in [-0.15, -0.1) is 16.4 Å². The van der Waals surface area contributed by atoms with Crippen molar-refractivity contribution >= 4 is 33.1 Å². The second kappa shape index (κ2) is 11.2. The van der Waals surface area contributed by atoms with E-state index in [1.54, 1.807) is 18.2 Å². The van der Waals surface area contributed by atoms with Crippen molar-refractivity contribution in [3.05, 3.63) is 111 Å². The summed E-state index contributed by atoms with van der Waals surface area (Å²) >= 11 is 1.25. The monoisotopic (exact) mass is 740 g/mol. The van der Waals surface area contributed by atoms with Crippen LogP contribution in [0.4, 0.5) is 23.4 Å². The highest BCUT2D eigenvalue weighted by atomic mass is 32.1. The first-order valence-electron chi connectivity index (χ1n) is 17.1. The maximum absolute atomic E-state index is 15.7. The molecule has 1 amide bonds. The van der Waals surface area contributed by atoms with Gasteiger partial charge in [0.25, 0.3) is 17.7 Å². The quantitative estimate of drug-likeness (QED) is 0.157. The molecule has 0 unspecified atom stereocenters.